The molecule has 1 saturated heterocycles. The number of allylic oxidation sites excluding steroid dienone is 5. The van der Waals surface area contributed by atoms with Crippen molar-refractivity contribution in [2.45, 2.75) is 29.8 Å². The van der Waals surface area contributed by atoms with Gasteiger partial charge in [0.2, 0.25) is 0 Å². The Labute approximate surface area is 150 Å². The smallest absolute Gasteiger partial charge is 1.00 e. The maximum Gasteiger partial charge on any atom is -1.00 e. The predicted octanol–water partition coefficient (Wildman–Crippen LogP) is -0.318. The first-order chi connectivity index (χ1) is 10.4. The number of hydrogen-bond donors (Lipinski definition) is 0. The summed E-state index contributed by atoms with van der Waals surface area (Å²) in [5, 5.41) is 1.91. The molecule has 1 aromatic carbocycles. The van der Waals surface area contributed by atoms with Crippen molar-refractivity contribution < 1.29 is 32.6 Å². The molecular formula is C19H21F2PZr. The molecule has 4 rings (SSSR count). The molecule has 4 heteroatoms. The Hall–Kier alpha value is -0.387. The monoisotopic (exact) mass is 408 g/mol. The van der Waals surface area contributed by atoms with Crippen LogP contribution in [-0.4, -0.2) is 12.3 Å². The van der Waals surface area contributed by atoms with Crippen molar-refractivity contribution in [2.75, 3.05) is 12.3 Å². The van der Waals surface area contributed by atoms with E-state index in [2.05, 4.69) is 49.4 Å². The Bertz CT molecular complexity index is 663. The molecule has 2 unspecified atom stereocenters. The largest absolute Gasteiger partial charge is 1.00 e. The van der Waals surface area contributed by atoms with Crippen LogP contribution in [0.5, 0.6) is 0 Å². The number of benzene rings is 1. The fourth-order valence-electron chi connectivity index (χ4n) is 3.57. The fourth-order valence-corrected chi connectivity index (χ4v) is 11.5. The van der Waals surface area contributed by atoms with Gasteiger partial charge in [-0.25, -0.2) is 0 Å². The first kappa shape index (κ1) is 18.9. The predicted molar refractivity (Wildman–Crippen MR) is 89.5 cm³/mol. The van der Waals surface area contributed by atoms with E-state index in [1.165, 1.54) is 37.1 Å². The zero-order valence-corrected chi connectivity index (χ0v) is 16.7. The summed E-state index contributed by atoms with van der Waals surface area (Å²) >= 11 is -0.491. The molecule has 0 N–H and O–H groups in total. The van der Waals surface area contributed by atoms with Gasteiger partial charge < -0.3 is 9.41 Å². The van der Waals surface area contributed by atoms with E-state index in [4.69, 9.17) is 0 Å². The van der Waals surface area contributed by atoms with Crippen LogP contribution in [0.3, 0.4) is 0 Å². The van der Waals surface area contributed by atoms with E-state index in [9.17, 15) is 0 Å². The second-order valence-corrected chi connectivity index (χ2v) is 12.2. The van der Waals surface area contributed by atoms with Crippen LogP contribution in [0.15, 0.2) is 50.6 Å². The van der Waals surface area contributed by atoms with Gasteiger partial charge in [0.05, 0.1) is 0 Å². The molecule has 2 aliphatic carbocycles. The number of fused-ring (bicyclic) bond motifs is 2. The molecule has 2 atom stereocenters. The van der Waals surface area contributed by atoms with Crippen molar-refractivity contribution in [2.24, 2.45) is 0 Å². The number of unbranched alkanes of at least 4 members (excludes halogenated alkanes) is 1. The SMILES string of the molecule is CCCCP1CC2=CC[C]([Zr+2][CH]3C=Cc4ccccc43)=C21.[F-].[F-]. The molecule has 1 fully saturated rings. The standard InChI is InChI=1S/C10H14P.C9H7.2FH.Zr/c1-2-3-7-11-8-9-5-4-6-10(9)11;1-2-5-9-7-3-6-8(9)4-1;;;/h5H,2-4,7-8H2,1H3;1-7H;2*1H;/q;;;;+2/p-2. The van der Waals surface area contributed by atoms with Crippen molar-refractivity contribution in [3.63, 3.8) is 0 Å². The molecule has 0 bridgehead atoms. The molecule has 0 saturated carbocycles. The molecule has 0 radical (unpaired) electrons. The van der Waals surface area contributed by atoms with Crippen LogP contribution in [-0.2, 0) is 23.2 Å². The first-order valence-corrected chi connectivity index (χ1v) is 12.4. The topological polar surface area (TPSA) is 0 Å². The molecule has 0 nitrogen and oxygen atoms in total. The maximum atomic E-state index is 2.56. The number of hydrogen-bond acceptors (Lipinski definition) is 0. The quantitative estimate of drug-likeness (QED) is 0.585. The summed E-state index contributed by atoms with van der Waals surface area (Å²) in [7, 11) is 0.259. The average molecular weight is 410 g/mol. The van der Waals surface area contributed by atoms with Gasteiger partial charge in [0, 0.05) is 0 Å². The summed E-state index contributed by atoms with van der Waals surface area (Å²) in [5.74, 6) is 0. The molecule has 1 aliphatic heterocycles. The normalized spacial score (nSPS) is 23.1. The van der Waals surface area contributed by atoms with Gasteiger partial charge in [0.1, 0.15) is 0 Å². The Morgan fingerprint density at radius 1 is 1.22 bits per heavy atom. The van der Waals surface area contributed by atoms with Gasteiger partial charge in [0.15, 0.2) is 0 Å². The first-order valence-electron chi connectivity index (χ1n) is 8.08. The van der Waals surface area contributed by atoms with Gasteiger partial charge in [0.25, 0.3) is 0 Å². The van der Waals surface area contributed by atoms with Crippen LogP contribution in [0.1, 0.15) is 40.9 Å². The Kier molecular flexibility index (Phi) is 6.69. The number of rotatable bonds is 5. The zero-order chi connectivity index (χ0) is 14.2. The summed E-state index contributed by atoms with van der Waals surface area (Å²) in [4.78, 5) is 0. The van der Waals surface area contributed by atoms with Gasteiger partial charge in [-0.2, -0.15) is 0 Å². The molecular weight excluding hydrogens is 388 g/mol. The Morgan fingerprint density at radius 2 is 2.04 bits per heavy atom. The average Bonchev–Trinajstić information content (AvgIpc) is 3.02. The van der Waals surface area contributed by atoms with Gasteiger partial charge in [-0.15, -0.1) is 0 Å². The van der Waals surface area contributed by atoms with Crippen molar-refractivity contribution >= 4 is 14.0 Å². The van der Waals surface area contributed by atoms with Crippen LogP contribution < -0.4 is 9.41 Å². The summed E-state index contributed by atoms with van der Waals surface area (Å²) in [6.45, 7) is 2.33. The summed E-state index contributed by atoms with van der Waals surface area (Å²) in [5.41, 5.74) is 4.84. The molecule has 120 valence electrons. The van der Waals surface area contributed by atoms with Gasteiger partial charge in [-0.05, 0) is 0 Å². The van der Waals surface area contributed by atoms with Crippen LogP contribution in [0, 0.1) is 0 Å². The van der Waals surface area contributed by atoms with E-state index in [-0.39, 0.29) is 17.3 Å². The van der Waals surface area contributed by atoms with Crippen LogP contribution in [0.4, 0.5) is 0 Å². The molecule has 3 aliphatic rings. The van der Waals surface area contributed by atoms with E-state index in [1.54, 1.807) is 11.1 Å². The third-order valence-corrected chi connectivity index (χ3v) is 12.0. The van der Waals surface area contributed by atoms with Gasteiger partial charge in [-0.1, -0.05) is 0 Å². The third kappa shape index (κ3) is 3.52. The van der Waals surface area contributed by atoms with E-state index in [0.717, 1.165) is 3.63 Å². The number of halogens is 2. The van der Waals surface area contributed by atoms with Gasteiger partial charge >= 0.3 is 141 Å². The van der Waals surface area contributed by atoms with Crippen molar-refractivity contribution in [3.05, 3.63) is 61.7 Å². The summed E-state index contributed by atoms with van der Waals surface area (Å²) in [6, 6.07) is 9.02. The maximum absolute atomic E-state index is 2.56. The van der Waals surface area contributed by atoms with Crippen LogP contribution in [0.25, 0.3) is 6.08 Å². The summed E-state index contributed by atoms with van der Waals surface area (Å²) in [6.07, 6.45) is 14.5. The Morgan fingerprint density at radius 3 is 2.87 bits per heavy atom. The fraction of sp³-hybridized carbons (Fsp3) is 0.368. The Balaban J connectivity index is 0.000000960. The second-order valence-electron chi connectivity index (χ2n) is 6.15. The summed E-state index contributed by atoms with van der Waals surface area (Å²) < 4.78 is 2.73. The van der Waals surface area contributed by atoms with E-state index >= 15 is 0 Å². The van der Waals surface area contributed by atoms with Crippen molar-refractivity contribution in [1.82, 2.24) is 0 Å². The van der Waals surface area contributed by atoms with Gasteiger partial charge in [-0.3, -0.25) is 0 Å². The minimum Gasteiger partial charge on any atom is -1.00 e. The van der Waals surface area contributed by atoms with E-state index in [0.29, 0.717) is 0 Å². The van der Waals surface area contributed by atoms with E-state index in [1.807, 2.05) is 8.60 Å². The van der Waals surface area contributed by atoms with Crippen molar-refractivity contribution in [1.29, 1.82) is 0 Å². The van der Waals surface area contributed by atoms with Crippen molar-refractivity contribution in [3.8, 4) is 0 Å². The zero-order valence-electron chi connectivity index (χ0n) is 13.4. The molecule has 0 amide bonds. The second kappa shape index (κ2) is 8.13. The van der Waals surface area contributed by atoms with Crippen LogP contribution >= 0.6 is 7.92 Å². The molecule has 1 heterocycles. The molecule has 23 heavy (non-hydrogen) atoms. The third-order valence-electron chi connectivity index (χ3n) is 4.73. The molecule has 1 aromatic rings. The van der Waals surface area contributed by atoms with E-state index < -0.39 is 23.2 Å². The minimum absolute atomic E-state index is 0. The van der Waals surface area contributed by atoms with Crippen LogP contribution in [0.2, 0.25) is 0 Å². The minimum atomic E-state index is -0.491. The molecule has 0 spiro atoms. The molecule has 0 aromatic heterocycles.